The van der Waals surface area contributed by atoms with E-state index in [1.807, 2.05) is 0 Å². The molecule has 0 saturated heterocycles. The standard InChI is InChI=1S/C17H18N6O3/c24-12-1-2-13-10(5-12)6-14(21-13)17(26)20-11-3-9(4-11)7-18-16(25)15-8-19-23-22-15/h1-2,5-6,8-9,11,21,24H,3-4,7H2,(H,18,25)(H,20,26)(H,19,22,23). The van der Waals surface area contributed by atoms with E-state index in [-0.39, 0.29) is 29.3 Å². The summed E-state index contributed by atoms with van der Waals surface area (Å²) in [5.41, 5.74) is 1.53. The molecule has 1 saturated carbocycles. The number of aromatic nitrogens is 4. The second kappa shape index (κ2) is 6.51. The number of carbonyl (C=O) groups excluding carboxylic acids is 2. The number of aromatic hydroxyl groups is 1. The van der Waals surface area contributed by atoms with Gasteiger partial charge in [0.1, 0.15) is 11.4 Å². The summed E-state index contributed by atoms with van der Waals surface area (Å²) in [7, 11) is 0. The second-order valence-electron chi connectivity index (χ2n) is 6.53. The van der Waals surface area contributed by atoms with Crippen LogP contribution in [-0.4, -0.2) is 49.9 Å². The highest BCUT2D eigenvalue weighted by molar-refractivity contribution is 5.98. The molecule has 0 bridgehead atoms. The van der Waals surface area contributed by atoms with E-state index in [0.717, 1.165) is 23.7 Å². The van der Waals surface area contributed by atoms with Crippen molar-refractivity contribution in [2.45, 2.75) is 18.9 Å². The van der Waals surface area contributed by atoms with E-state index in [1.165, 1.54) is 6.20 Å². The molecular weight excluding hydrogens is 336 g/mol. The lowest BCUT2D eigenvalue weighted by Gasteiger charge is -2.35. The second-order valence-corrected chi connectivity index (χ2v) is 6.53. The molecule has 2 aromatic heterocycles. The van der Waals surface area contributed by atoms with E-state index in [1.54, 1.807) is 24.3 Å². The van der Waals surface area contributed by atoms with Crippen LogP contribution < -0.4 is 10.6 Å². The average Bonchev–Trinajstić information content (AvgIpc) is 3.25. The Kier molecular flexibility index (Phi) is 4.04. The maximum Gasteiger partial charge on any atom is 0.273 e. The van der Waals surface area contributed by atoms with Crippen LogP contribution >= 0.6 is 0 Å². The van der Waals surface area contributed by atoms with E-state index in [2.05, 4.69) is 31.0 Å². The lowest BCUT2D eigenvalue weighted by Crippen LogP contribution is -2.47. The summed E-state index contributed by atoms with van der Waals surface area (Å²) in [6.07, 6.45) is 3.00. The zero-order valence-corrected chi connectivity index (χ0v) is 13.8. The molecule has 26 heavy (non-hydrogen) atoms. The number of nitrogens with one attached hydrogen (secondary N) is 4. The van der Waals surface area contributed by atoms with Crippen molar-refractivity contribution in [3.8, 4) is 5.75 Å². The Bertz CT molecular complexity index is 943. The Hall–Kier alpha value is -3.36. The van der Waals surface area contributed by atoms with Crippen molar-refractivity contribution >= 4 is 22.7 Å². The first-order valence-corrected chi connectivity index (χ1v) is 8.35. The zero-order chi connectivity index (χ0) is 18.1. The van der Waals surface area contributed by atoms with Crippen molar-refractivity contribution in [1.29, 1.82) is 0 Å². The molecule has 0 unspecified atom stereocenters. The summed E-state index contributed by atoms with van der Waals surface area (Å²) in [5.74, 6) is 0.0668. The maximum atomic E-state index is 12.3. The van der Waals surface area contributed by atoms with Crippen LogP contribution in [-0.2, 0) is 0 Å². The number of H-pyrrole nitrogens is 2. The third-order valence-electron chi connectivity index (χ3n) is 4.62. The van der Waals surface area contributed by atoms with Gasteiger partial charge in [0.2, 0.25) is 0 Å². The normalized spacial score (nSPS) is 19.1. The summed E-state index contributed by atoms with van der Waals surface area (Å²) >= 11 is 0. The van der Waals surface area contributed by atoms with Crippen LogP contribution in [0.5, 0.6) is 5.75 Å². The van der Waals surface area contributed by atoms with Crippen molar-refractivity contribution in [2.75, 3.05) is 6.54 Å². The van der Waals surface area contributed by atoms with Gasteiger partial charge in [0.15, 0.2) is 5.69 Å². The number of phenolic OH excluding ortho intramolecular Hbond substituents is 1. The van der Waals surface area contributed by atoms with Gasteiger partial charge in [-0.05, 0) is 43.0 Å². The van der Waals surface area contributed by atoms with Crippen LogP contribution in [0.15, 0.2) is 30.5 Å². The van der Waals surface area contributed by atoms with Gasteiger partial charge in [-0.1, -0.05) is 0 Å². The van der Waals surface area contributed by atoms with Gasteiger partial charge in [-0.15, -0.1) is 0 Å². The Balaban J connectivity index is 1.25. The Morgan fingerprint density at radius 3 is 2.85 bits per heavy atom. The van der Waals surface area contributed by atoms with Gasteiger partial charge < -0.3 is 20.7 Å². The lowest BCUT2D eigenvalue weighted by atomic mass is 9.80. The first kappa shape index (κ1) is 16.1. The third-order valence-corrected chi connectivity index (χ3v) is 4.62. The number of hydrogen-bond acceptors (Lipinski definition) is 5. The topological polar surface area (TPSA) is 136 Å². The highest BCUT2D eigenvalue weighted by atomic mass is 16.3. The van der Waals surface area contributed by atoms with E-state index in [9.17, 15) is 14.7 Å². The van der Waals surface area contributed by atoms with Crippen LogP contribution in [0, 0.1) is 5.92 Å². The number of nitrogens with zero attached hydrogens (tertiary/aromatic N) is 2. The van der Waals surface area contributed by atoms with Crippen LogP contribution in [0.2, 0.25) is 0 Å². The minimum atomic E-state index is -0.257. The molecule has 1 fully saturated rings. The van der Waals surface area contributed by atoms with Crippen LogP contribution in [0.25, 0.3) is 10.9 Å². The molecule has 9 nitrogen and oxygen atoms in total. The summed E-state index contributed by atoms with van der Waals surface area (Å²) in [4.78, 5) is 27.2. The molecule has 9 heteroatoms. The highest BCUT2D eigenvalue weighted by Gasteiger charge is 2.31. The summed E-state index contributed by atoms with van der Waals surface area (Å²) in [6, 6.07) is 6.73. The van der Waals surface area contributed by atoms with Gasteiger partial charge in [0.05, 0.1) is 6.20 Å². The minimum Gasteiger partial charge on any atom is -0.508 e. The van der Waals surface area contributed by atoms with Crippen molar-refractivity contribution in [3.63, 3.8) is 0 Å². The number of fused-ring (bicyclic) bond motifs is 1. The van der Waals surface area contributed by atoms with Crippen molar-refractivity contribution in [1.82, 2.24) is 31.0 Å². The van der Waals surface area contributed by atoms with Crippen molar-refractivity contribution < 1.29 is 14.7 Å². The number of amides is 2. The molecule has 2 amide bonds. The molecular formula is C17H18N6O3. The average molecular weight is 354 g/mol. The lowest BCUT2D eigenvalue weighted by molar-refractivity contribution is 0.0859. The summed E-state index contributed by atoms with van der Waals surface area (Å²) in [5, 5.41) is 25.8. The minimum absolute atomic E-state index is 0.0938. The predicted molar refractivity (Wildman–Crippen MR) is 92.7 cm³/mol. The van der Waals surface area contributed by atoms with E-state index in [0.29, 0.717) is 18.2 Å². The number of phenols is 1. The SMILES string of the molecule is O=C(NCC1CC(NC(=O)c2cc3cc(O)ccc3[nH]2)C1)c1cn[nH]n1. The van der Waals surface area contributed by atoms with Crippen LogP contribution in [0.4, 0.5) is 0 Å². The van der Waals surface area contributed by atoms with Crippen molar-refractivity contribution in [3.05, 3.63) is 41.9 Å². The Morgan fingerprint density at radius 1 is 1.23 bits per heavy atom. The first-order valence-electron chi connectivity index (χ1n) is 8.35. The molecule has 4 rings (SSSR count). The molecule has 0 aliphatic heterocycles. The fourth-order valence-corrected chi connectivity index (χ4v) is 3.16. The molecule has 3 aromatic rings. The molecule has 5 N–H and O–H groups in total. The van der Waals surface area contributed by atoms with Gasteiger partial charge in [0, 0.05) is 23.5 Å². The molecule has 134 valence electrons. The summed E-state index contributed by atoms with van der Waals surface area (Å²) < 4.78 is 0. The number of rotatable bonds is 5. The van der Waals surface area contributed by atoms with Gasteiger partial charge >= 0.3 is 0 Å². The Labute approximate surface area is 148 Å². The number of benzene rings is 1. The van der Waals surface area contributed by atoms with Gasteiger partial charge in [-0.3, -0.25) is 9.59 Å². The molecule has 0 spiro atoms. The first-order chi connectivity index (χ1) is 12.6. The van der Waals surface area contributed by atoms with Gasteiger partial charge in [-0.2, -0.15) is 15.4 Å². The van der Waals surface area contributed by atoms with E-state index in [4.69, 9.17) is 0 Å². The summed E-state index contributed by atoms with van der Waals surface area (Å²) in [6.45, 7) is 0.545. The monoisotopic (exact) mass is 354 g/mol. The van der Waals surface area contributed by atoms with Crippen LogP contribution in [0.1, 0.15) is 33.8 Å². The Morgan fingerprint density at radius 2 is 2.08 bits per heavy atom. The number of aromatic amines is 2. The molecule has 2 heterocycles. The van der Waals surface area contributed by atoms with Crippen LogP contribution in [0.3, 0.4) is 0 Å². The molecule has 0 atom stereocenters. The highest BCUT2D eigenvalue weighted by Crippen LogP contribution is 2.27. The third kappa shape index (κ3) is 3.23. The molecule has 1 aliphatic carbocycles. The predicted octanol–water partition coefficient (Wildman–Crippen LogP) is 0.930. The molecule has 0 radical (unpaired) electrons. The molecule has 1 aromatic carbocycles. The smallest absolute Gasteiger partial charge is 0.273 e. The van der Waals surface area contributed by atoms with Crippen molar-refractivity contribution in [2.24, 2.45) is 5.92 Å². The number of carbonyl (C=O) groups is 2. The van der Waals surface area contributed by atoms with E-state index >= 15 is 0 Å². The maximum absolute atomic E-state index is 12.3. The quantitative estimate of drug-likeness (QED) is 0.464. The van der Waals surface area contributed by atoms with Gasteiger partial charge in [-0.25, -0.2) is 0 Å². The fourth-order valence-electron chi connectivity index (χ4n) is 3.16. The largest absolute Gasteiger partial charge is 0.508 e. The number of hydrogen-bond donors (Lipinski definition) is 5. The molecule has 1 aliphatic rings. The van der Waals surface area contributed by atoms with E-state index < -0.39 is 0 Å². The zero-order valence-electron chi connectivity index (χ0n) is 13.8. The fraction of sp³-hybridized carbons (Fsp3) is 0.294. The van der Waals surface area contributed by atoms with Gasteiger partial charge in [0.25, 0.3) is 11.8 Å².